The average Bonchev–Trinajstić information content (AvgIpc) is 2.27. The third kappa shape index (κ3) is 4.38. The second-order valence-electron chi connectivity index (χ2n) is 4.60. The lowest BCUT2D eigenvalue weighted by Gasteiger charge is -2.25. The van der Waals surface area contributed by atoms with E-state index in [9.17, 15) is 9.18 Å². The topological polar surface area (TPSA) is 29.1 Å². The molecule has 0 aliphatic rings. The Morgan fingerprint density at radius 2 is 2.18 bits per heavy atom. The summed E-state index contributed by atoms with van der Waals surface area (Å²) >= 11 is 1.49. The van der Waals surface area contributed by atoms with E-state index < -0.39 is 0 Å². The molecule has 0 aromatic heterocycles. The molecule has 1 rings (SSSR count). The van der Waals surface area contributed by atoms with Crippen LogP contribution in [0.25, 0.3) is 0 Å². The number of nitrogens with one attached hydrogen (secondary N) is 1. The summed E-state index contributed by atoms with van der Waals surface area (Å²) in [6, 6.07) is 6.51. The van der Waals surface area contributed by atoms with Gasteiger partial charge in [0.25, 0.3) is 0 Å². The van der Waals surface area contributed by atoms with Crippen molar-refractivity contribution >= 4 is 17.7 Å². The number of halogens is 1. The molecule has 17 heavy (non-hydrogen) atoms. The quantitative estimate of drug-likeness (QED) is 0.876. The first kappa shape index (κ1) is 14.0. The first-order valence-corrected chi connectivity index (χ1v) is 6.87. The van der Waals surface area contributed by atoms with E-state index in [4.69, 9.17) is 0 Å². The number of carbonyl (C=O) groups excluding carboxylic acids is 1. The molecule has 1 aromatic carbocycles. The van der Waals surface area contributed by atoms with Crippen molar-refractivity contribution in [1.82, 2.24) is 5.32 Å². The van der Waals surface area contributed by atoms with Gasteiger partial charge in [-0.2, -0.15) is 11.8 Å². The molecular formula is C13H18FNOS. The fourth-order valence-electron chi connectivity index (χ4n) is 1.51. The zero-order chi connectivity index (χ0) is 12.9. The van der Waals surface area contributed by atoms with Gasteiger partial charge >= 0.3 is 0 Å². The maximum atomic E-state index is 13.1. The van der Waals surface area contributed by atoms with Gasteiger partial charge in [0.2, 0.25) is 5.91 Å². The van der Waals surface area contributed by atoms with Crippen LogP contribution in [0.15, 0.2) is 24.3 Å². The summed E-state index contributed by atoms with van der Waals surface area (Å²) in [5.74, 6) is 0.229. The lowest BCUT2D eigenvalue weighted by Crippen LogP contribution is -2.37. The summed E-state index contributed by atoms with van der Waals surface area (Å²) in [5.41, 5.74) is 0.623. The second kappa shape index (κ2) is 6.05. The highest BCUT2D eigenvalue weighted by molar-refractivity contribution is 7.99. The van der Waals surface area contributed by atoms with Crippen molar-refractivity contribution in [1.29, 1.82) is 0 Å². The van der Waals surface area contributed by atoms with Crippen molar-refractivity contribution in [3.63, 3.8) is 0 Å². The van der Waals surface area contributed by atoms with Crippen LogP contribution >= 0.6 is 11.8 Å². The van der Waals surface area contributed by atoms with Crippen LogP contribution in [0.1, 0.15) is 19.4 Å². The lowest BCUT2D eigenvalue weighted by molar-refractivity contribution is -0.118. The van der Waals surface area contributed by atoms with Gasteiger partial charge in [0.15, 0.2) is 0 Å². The molecule has 0 atom stereocenters. The van der Waals surface area contributed by atoms with Crippen molar-refractivity contribution in [2.45, 2.75) is 19.3 Å². The van der Waals surface area contributed by atoms with Crippen LogP contribution in [0.2, 0.25) is 0 Å². The molecule has 4 heteroatoms. The molecule has 0 bridgehead atoms. The first-order valence-electron chi connectivity index (χ1n) is 5.47. The van der Waals surface area contributed by atoms with Gasteiger partial charge in [-0.3, -0.25) is 4.79 Å². The molecule has 0 aliphatic carbocycles. The summed E-state index contributed by atoms with van der Waals surface area (Å²) in [5, 5.41) is 2.86. The summed E-state index contributed by atoms with van der Waals surface area (Å²) < 4.78 is 13.1. The number of hydrogen-bond acceptors (Lipinski definition) is 2. The zero-order valence-corrected chi connectivity index (χ0v) is 11.2. The molecule has 0 unspecified atom stereocenters. The predicted octanol–water partition coefficient (Wildman–Crippen LogP) is 2.58. The summed E-state index contributed by atoms with van der Waals surface area (Å²) in [4.78, 5) is 11.4. The largest absolute Gasteiger partial charge is 0.355 e. The van der Waals surface area contributed by atoms with Crippen LogP contribution in [-0.4, -0.2) is 24.5 Å². The Balaban J connectivity index is 2.65. The van der Waals surface area contributed by atoms with Gasteiger partial charge in [-0.25, -0.2) is 4.39 Å². The molecule has 1 aromatic rings. The van der Waals surface area contributed by atoms with Crippen molar-refractivity contribution in [3.8, 4) is 0 Å². The molecule has 0 aliphatic heterocycles. The highest BCUT2D eigenvalue weighted by Crippen LogP contribution is 2.22. The Hall–Kier alpha value is -1.03. The molecule has 1 N–H and O–H groups in total. The number of rotatable bonds is 5. The van der Waals surface area contributed by atoms with E-state index in [2.05, 4.69) is 5.32 Å². The number of benzene rings is 1. The molecule has 0 saturated carbocycles. The van der Waals surface area contributed by atoms with Gasteiger partial charge in [0.05, 0.1) is 5.75 Å². The molecule has 0 fully saturated rings. The molecule has 1 amide bonds. The van der Waals surface area contributed by atoms with E-state index in [0.29, 0.717) is 12.3 Å². The van der Waals surface area contributed by atoms with Gasteiger partial charge < -0.3 is 5.32 Å². The fourth-order valence-corrected chi connectivity index (χ4v) is 1.88. The highest BCUT2D eigenvalue weighted by Gasteiger charge is 2.21. The van der Waals surface area contributed by atoms with Crippen molar-refractivity contribution in [3.05, 3.63) is 35.6 Å². The Morgan fingerprint density at radius 3 is 2.76 bits per heavy atom. The minimum atomic E-state index is -0.268. The third-order valence-electron chi connectivity index (χ3n) is 2.61. The Morgan fingerprint density at radius 1 is 1.47 bits per heavy atom. The van der Waals surface area contributed by atoms with Crippen molar-refractivity contribution in [2.24, 2.45) is 0 Å². The summed E-state index contributed by atoms with van der Waals surface area (Å²) in [7, 11) is 0. The van der Waals surface area contributed by atoms with E-state index >= 15 is 0 Å². The molecular weight excluding hydrogens is 237 g/mol. The van der Waals surface area contributed by atoms with Gasteiger partial charge in [0.1, 0.15) is 5.82 Å². The van der Waals surface area contributed by atoms with E-state index in [1.165, 1.54) is 23.9 Å². The van der Waals surface area contributed by atoms with E-state index in [-0.39, 0.29) is 17.1 Å². The molecule has 0 saturated heterocycles. The Labute approximate surface area is 106 Å². The van der Waals surface area contributed by atoms with E-state index in [0.717, 1.165) is 5.56 Å². The normalized spacial score (nSPS) is 11.3. The minimum Gasteiger partial charge on any atom is -0.355 e. The minimum absolute atomic E-state index is 0.0157. The predicted molar refractivity (Wildman–Crippen MR) is 70.8 cm³/mol. The maximum absolute atomic E-state index is 13.1. The van der Waals surface area contributed by atoms with E-state index in [1.807, 2.05) is 26.2 Å². The molecule has 2 nitrogen and oxygen atoms in total. The number of carbonyl (C=O) groups is 1. The van der Waals surface area contributed by atoms with Crippen LogP contribution in [-0.2, 0) is 10.2 Å². The molecule has 0 heterocycles. The second-order valence-corrected chi connectivity index (χ2v) is 5.47. The number of hydrogen-bond donors (Lipinski definition) is 1. The van der Waals surface area contributed by atoms with Crippen molar-refractivity contribution < 1.29 is 9.18 Å². The molecule has 94 valence electrons. The van der Waals surface area contributed by atoms with E-state index in [1.54, 1.807) is 6.07 Å². The highest BCUT2D eigenvalue weighted by atomic mass is 32.2. The van der Waals surface area contributed by atoms with Gasteiger partial charge in [-0.1, -0.05) is 26.0 Å². The van der Waals surface area contributed by atoms with Crippen molar-refractivity contribution in [2.75, 3.05) is 18.6 Å². The van der Waals surface area contributed by atoms with Crippen LogP contribution in [0.4, 0.5) is 4.39 Å². The lowest BCUT2D eigenvalue weighted by atomic mass is 9.84. The van der Waals surface area contributed by atoms with Gasteiger partial charge in [0, 0.05) is 12.0 Å². The number of thioether (sulfide) groups is 1. The summed E-state index contributed by atoms with van der Waals surface area (Å²) in [6.45, 7) is 4.48. The van der Waals surface area contributed by atoms with Gasteiger partial charge in [-0.05, 0) is 24.0 Å². The van der Waals surface area contributed by atoms with Gasteiger partial charge in [-0.15, -0.1) is 0 Å². The number of amides is 1. The third-order valence-corrected chi connectivity index (χ3v) is 3.16. The molecule has 0 spiro atoms. The Bertz CT molecular complexity index is 393. The Kier molecular flexibility index (Phi) is 5.00. The standard InChI is InChI=1S/C13H18FNOS/c1-13(2,9-15-12(16)8-17-3)10-5-4-6-11(14)7-10/h4-7H,8-9H2,1-3H3,(H,15,16). The SMILES string of the molecule is CSCC(=O)NCC(C)(C)c1cccc(F)c1. The fraction of sp³-hybridized carbons (Fsp3) is 0.462. The average molecular weight is 255 g/mol. The smallest absolute Gasteiger partial charge is 0.230 e. The monoisotopic (exact) mass is 255 g/mol. The van der Waals surface area contributed by atoms with Crippen LogP contribution in [0, 0.1) is 5.82 Å². The van der Waals surface area contributed by atoms with Crippen LogP contribution in [0.3, 0.4) is 0 Å². The molecule has 0 radical (unpaired) electrons. The first-order chi connectivity index (χ1) is 7.95. The van der Waals surface area contributed by atoms with Crippen LogP contribution < -0.4 is 5.32 Å². The maximum Gasteiger partial charge on any atom is 0.230 e. The van der Waals surface area contributed by atoms with Crippen LogP contribution in [0.5, 0.6) is 0 Å². The summed E-state index contributed by atoms with van der Waals surface area (Å²) in [6.07, 6.45) is 1.89. The zero-order valence-electron chi connectivity index (χ0n) is 10.4.